The third kappa shape index (κ3) is 4.37. The maximum Gasteiger partial charge on any atom is 0.258 e. The van der Waals surface area contributed by atoms with Crippen LogP contribution in [0.3, 0.4) is 0 Å². The highest BCUT2D eigenvalue weighted by molar-refractivity contribution is 6.00. The van der Waals surface area contributed by atoms with E-state index >= 15 is 0 Å². The zero-order valence-corrected chi connectivity index (χ0v) is 17.1. The van der Waals surface area contributed by atoms with Gasteiger partial charge in [0.15, 0.2) is 0 Å². The number of carbonyl (C=O) groups is 2. The third-order valence-electron chi connectivity index (χ3n) is 5.77. The molecule has 0 saturated carbocycles. The number of nitrogens with zero attached hydrogens (tertiary/aromatic N) is 2. The summed E-state index contributed by atoms with van der Waals surface area (Å²) in [5.41, 5.74) is 0.983. The van der Waals surface area contributed by atoms with E-state index in [2.05, 4.69) is 27.5 Å². The number of benzene rings is 1. The Kier molecular flexibility index (Phi) is 5.83. The number of nitrogens with one attached hydrogen (secondary N) is 3. The Morgan fingerprint density at radius 1 is 1.27 bits per heavy atom. The summed E-state index contributed by atoms with van der Waals surface area (Å²) in [6.07, 6.45) is 2.79. The molecule has 2 amide bonds. The van der Waals surface area contributed by atoms with Gasteiger partial charge in [-0.2, -0.15) is 4.98 Å². The van der Waals surface area contributed by atoms with Gasteiger partial charge in [-0.15, -0.1) is 0 Å². The summed E-state index contributed by atoms with van der Waals surface area (Å²) in [6, 6.07) is 9.83. The van der Waals surface area contributed by atoms with Crippen molar-refractivity contribution >= 4 is 23.6 Å². The normalized spacial score (nSPS) is 21.0. The maximum atomic E-state index is 12.9. The Morgan fingerprint density at radius 3 is 2.83 bits per heavy atom. The van der Waals surface area contributed by atoms with Gasteiger partial charge >= 0.3 is 0 Å². The molecule has 4 rings (SSSR count). The molecule has 8 heteroatoms. The van der Waals surface area contributed by atoms with Crippen LogP contribution < -0.4 is 21.1 Å². The first-order valence-corrected chi connectivity index (χ1v) is 10.5. The fourth-order valence-corrected chi connectivity index (χ4v) is 4.21. The average Bonchev–Trinajstić information content (AvgIpc) is 2.73. The molecule has 1 aromatic heterocycles. The summed E-state index contributed by atoms with van der Waals surface area (Å²) in [4.78, 5) is 47.3. The minimum atomic E-state index is -0.838. The Bertz CT molecular complexity index is 988. The molecule has 158 valence electrons. The van der Waals surface area contributed by atoms with E-state index in [1.807, 2.05) is 35.2 Å². The summed E-state index contributed by atoms with van der Waals surface area (Å²) < 4.78 is 0. The van der Waals surface area contributed by atoms with Crippen LogP contribution in [0.4, 0.5) is 11.8 Å². The fraction of sp³-hybridized carbons (Fsp3) is 0.455. The summed E-state index contributed by atoms with van der Waals surface area (Å²) in [5.74, 6) is -0.300. The highest BCUT2D eigenvalue weighted by Gasteiger charge is 2.35. The van der Waals surface area contributed by atoms with Crippen LogP contribution in [-0.4, -0.2) is 41.4 Å². The quantitative estimate of drug-likeness (QED) is 0.698. The molecule has 1 aromatic carbocycles. The number of aromatic amines is 1. The van der Waals surface area contributed by atoms with E-state index in [0.717, 1.165) is 31.5 Å². The molecular weight excluding hydrogens is 382 g/mol. The minimum absolute atomic E-state index is 0.0605. The first-order chi connectivity index (χ1) is 14.5. The van der Waals surface area contributed by atoms with Crippen molar-refractivity contribution in [2.75, 3.05) is 29.9 Å². The molecule has 0 bridgehead atoms. The van der Waals surface area contributed by atoms with Crippen LogP contribution in [0.2, 0.25) is 0 Å². The first kappa shape index (κ1) is 20.1. The molecule has 0 spiro atoms. The number of aromatic nitrogens is 2. The maximum absolute atomic E-state index is 12.9. The lowest BCUT2D eigenvalue weighted by atomic mass is 9.92. The highest BCUT2D eigenvalue weighted by atomic mass is 16.2. The zero-order chi connectivity index (χ0) is 21.1. The van der Waals surface area contributed by atoms with E-state index in [1.165, 1.54) is 0 Å². The van der Waals surface area contributed by atoms with E-state index in [0.29, 0.717) is 24.8 Å². The van der Waals surface area contributed by atoms with Crippen molar-refractivity contribution < 1.29 is 9.59 Å². The largest absolute Gasteiger partial charge is 0.355 e. The summed E-state index contributed by atoms with van der Waals surface area (Å²) in [5, 5.41) is 5.54. The molecule has 2 aliphatic rings. The van der Waals surface area contributed by atoms with Crippen LogP contribution in [0, 0.1) is 5.92 Å². The van der Waals surface area contributed by atoms with Gasteiger partial charge in [-0.05, 0) is 30.7 Å². The van der Waals surface area contributed by atoms with Crippen LogP contribution in [0.25, 0.3) is 0 Å². The number of carbonyl (C=O) groups excluding carboxylic acids is 2. The third-order valence-corrected chi connectivity index (χ3v) is 5.77. The molecule has 0 aliphatic carbocycles. The van der Waals surface area contributed by atoms with Gasteiger partial charge in [-0.25, -0.2) is 0 Å². The van der Waals surface area contributed by atoms with E-state index in [1.54, 1.807) is 0 Å². The predicted molar refractivity (Wildman–Crippen MR) is 115 cm³/mol. The molecule has 30 heavy (non-hydrogen) atoms. The monoisotopic (exact) mass is 409 g/mol. The van der Waals surface area contributed by atoms with Crippen molar-refractivity contribution in [3.8, 4) is 0 Å². The highest BCUT2D eigenvalue weighted by Crippen LogP contribution is 2.30. The Hall–Kier alpha value is -3.16. The van der Waals surface area contributed by atoms with Crippen molar-refractivity contribution in [2.45, 2.75) is 38.5 Å². The summed E-state index contributed by atoms with van der Waals surface area (Å²) in [7, 11) is 0. The summed E-state index contributed by atoms with van der Waals surface area (Å²) >= 11 is 0. The van der Waals surface area contributed by atoms with Gasteiger partial charge < -0.3 is 15.5 Å². The second-order valence-corrected chi connectivity index (χ2v) is 8.18. The molecule has 2 aromatic rings. The molecule has 8 nitrogen and oxygen atoms in total. The predicted octanol–water partition coefficient (Wildman–Crippen LogP) is 1.79. The van der Waals surface area contributed by atoms with Gasteiger partial charge in [0.2, 0.25) is 17.8 Å². The van der Waals surface area contributed by atoms with Gasteiger partial charge in [0.25, 0.3) is 5.56 Å². The molecule has 3 heterocycles. The van der Waals surface area contributed by atoms with E-state index in [9.17, 15) is 14.4 Å². The molecule has 0 radical (unpaired) electrons. The van der Waals surface area contributed by atoms with Crippen LogP contribution in [-0.2, 0) is 16.0 Å². The molecule has 1 fully saturated rings. The number of amides is 2. The lowest BCUT2D eigenvalue weighted by Gasteiger charge is -2.32. The van der Waals surface area contributed by atoms with Crippen LogP contribution >= 0.6 is 0 Å². The molecular formula is C22H27N5O3. The lowest BCUT2D eigenvalue weighted by molar-refractivity contribution is -0.126. The zero-order valence-electron chi connectivity index (χ0n) is 17.1. The molecule has 2 atom stereocenters. The number of rotatable bonds is 5. The van der Waals surface area contributed by atoms with Crippen LogP contribution in [0.15, 0.2) is 35.1 Å². The molecule has 2 aliphatic heterocycles. The van der Waals surface area contributed by atoms with Crippen molar-refractivity contribution in [3.05, 3.63) is 51.8 Å². The van der Waals surface area contributed by atoms with E-state index < -0.39 is 5.92 Å². The van der Waals surface area contributed by atoms with Crippen molar-refractivity contribution in [1.82, 2.24) is 15.3 Å². The Morgan fingerprint density at radius 2 is 2.07 bits per heavy atom. The van der Waals surface area contributed by atoms with Gasteiger partial charge in [0, 0.05) is 26.1 Å². The smallest absolute Gasteiger partial charge is 0.258 e. The van der Waals surface area contributed by atoms with Crippen molar-refractivity contribution in [2.24, 2.45) is 5.92 Å². The minimum Gasteiger partial charge on any atom is -0.355 e. The first-order valence-electron chi connectivity index (χ1n) is 10.5. The van der Waals surface area contributed by atoms with Crippen molar-refractivity contribution in [1.29, 1.82) is 0 Å². The SMILES string of the molecule is C[C@H]1CCCN(c2nc3c(c(=O)[nH]2)[C@H](C(=O)NCCc2ccccc2)CC(=O)N3)C1. The fourth-order valence-electron chi connectivity index (χ4n) is 4.21. The topological polar surface area (TPSA) is 107 Å². The van der Waals surface area contributed by atoms with Gasteiger partial charge in [0.1, 0.15) is 5.82 Å². The van der Waals surface area contributed by atoms with E-state index in [-0.39, 0.29) is 35.2 Å². The number of fused-ring (bicyclic) bond motifs is 1. The number of anilines is 2. The Labute approximate surface area is 175 Å². The second kappa shape index (κ2) is 8.69. The lowest BCUT2D eigenvalue weighted by Crippen LogP contribution is -2.41. The standard InChI is InChI=1S/C22H27N5O3/c1-14-6-5-11-27(13-14)22-25-19-18(21(30)26-22)16(12-17(28)24-19)20(29)23-10-9-15-7-3-2-4-8-15/h2-4,7-8,14,16H,5-6,9-13H2,1H3,(H,23,29)(H2,24,25,26,28,30)/t14-,16+/m0/s1. The average molecular weight is 409 g/mol. The number of hydrogen-bond donors (Lipinski definition) is 3. The molecule has 3 N–H and O–H groups in total. The number of hydrogen-bond acceptors (Lipinski definition) is 5. The number of piperidine rings is 1. The van der Waals surface area contributed by atoms with Gasteiger partial charge in [0.05, 0.1) is 11.5 Å². The molecule has 1 saturated heterocycles. The van der Waals surface area contributed by atoms with Crippen LogP contribution in [0.1, 0.15) is 43.2 Å². The molecule has 0 unspecified atom stereocenters. The van der Waals surface area contributed by atoms with Crippen LogP contribution in [0.5, 0.6) is 0 Å². The second-order valence-electron chi connectivity index (χ2n) is 8.18. The van der Waals surface area contributed by atoms with Crippen molar-refractivity contribution in [3.63, 3.8) is 0 Å². The Balaban J connectivity index is 1.51. The summed E-state index contributed by atoms with van der Waals surface area (Å²) in [6.45, 7) is 4.22. The van der Waals surface area contributed by atoms with Gasteiger partial charge in [-0.3, -0.25) is 19.4 Å². The number of H-pyrrole nitrogens is 1. The van der Waals surface area contributed by atoms with Gasteiger partial charge in [-0.1, -0.05) is 37.3 Å². The van der Waals surface area contributed by atoms with E-state index in [4.69, 9.17) is 0 Å².